The van der Waals surface area contributed by atoms with Gasteiger partial charge in [-0.15, -0.1) is 0 Å². The minimum absolute atomic E-state index is 0.254. The standard InChI is InChI=1S/C25H27N3O6S/c1-32-23-14-13-21(15-24(23)33-2)28(35(3,30)31)17-25(29)27-26-16-20-11-7-8-12-22(20)34-18-19-9-5-4-6-10-19/h4-16H,17-18H2,1-3H3,(H,27,29)/b26-16+. The molecule has 0 aliphatic carbocycles. The van der Waals surface area contributed by atoms with E-state index in [-0.39, 0.29) is 5.69 Å². The van der Waals surface area contributed by atoms with E-state index in [1.165, 1.54) is 32.6 Å². The van der Waals surface area contributed by atoms with E-state index in [9.17, 15) is 13.2 Å². The summed E-state index contributed by atoms with van der Waals surface area (Å²) in [6.45, 7) is -0.0928. The molecule has 1 N–H and O–H groups in total. The number of methoxy groups -OCH3 is 2. The molecule has 0 spiro atoms. The van der Waals surface area contributed by atoms with Gasteiger partial charge in [0.1, 0.15) is 18.9 Å². The number of sulfonamides is 1. The van der Waals surface area contributed by atoms with E-state index >= 15 is 0 Å². The molecule has 0 unspecified atom stereocenters. The SMILES string of the molecule is COc1ccc(N(CC(=O)N/N=C/c2ccccc2OCc2ccccc2)S(C)(=O)=O)cc1OC. The van der Waals surface area contributed by atoms with Crippen molar-refractivity contribution in [1.82, 2.24) is 5.43 Å². The molecule has 0 aliphatic rings. The molecular weight excluding hydrogens is 470 g/mol. The lowest BCUT2D eigenvalue weighted by Crippen LogP contribution is -2.39. The molecule has 3 rings (SSSR count). The van der Waals surface area contributed by atoms with Crippen molar-refractivity contribution in [2.75, 3.05) is 31.3 Å². The first-order valence-electron chi connectivity index (χ1n) is 10.6. The molecule has 0 aromatic heterocycles. The smallest absolute Gasteiger partial charge is 0.260 e. The summed E-state index contributed by atoms with van der Waals surface area (Å²) in [5.74, 6) is 0.748. The highest BCUT2D eigenvalue weighted by Crippen LogP contribution is 2.32. The van der Waals surface area contributed by atoms with E-state index in [4.69, 9.17) is 14.2 Å². The Morgan fingerprint density at radius 1 is 0.943 bits per heavy atom. The van der Waals surface area contributed by atoms with E-state index in [2.05, 4.69) is 10.5 Å². The number of carbonyl (C=O) groups excluding carboxylic acids is 1. The summed E-state index contributed by atoms with van der Waals surface area (Å²) in [6, 6.07) is 21.5. The predicted molar refractivity (Wildman–Crippen MR) is 135 cm³/mol. The Morgan fingerprint density at radius 3 is 2.31 bits per heavy atom. The van der Waals surface area contributed by atoms with Crippen molar-refractivity contribution in [3.05, 3.63) is 83.9 Å². The molecule has 0 atom stereocenters. The second-order valence-electron chi connectivity index (χ2n) is 7.41. The molecule has 10 heteroatoms. The second kappa shape index (κ2) is 11.9. The first kappa shape index (κ1) is 25.6. The third-order valence-electron chi connectivity index (χ3n) is 4.89. The monoisotopic (exact) mass is 497 g/mol. The van der Waals surface area contributed by atoms with Crippen molar-refractivity contribution >= 4 is 27.8 Å². The highest BCUT2D eigenvalue weighted by Gasteiger charge is 2.22. The molecule has 0 heterocycles. The summed E-state index contributed by atoms with van der Waals surface area (Å²) in [5.41, 5.74) is 4.30. The molecule has 35 heavy (non-hydrogen) atoms. The Morgan fingerprint density at radius 2 is 1.63 bits per heavy atom. The summed E-state index contributed by atoms with van der Waals surface area (Å²) < 4.78 is 42.0. The number of anilines is 1. The number of benzene rings is 3. The Bertz CT molecular complexity index is 1280. The number of rotatable bonds is 11. The van der Waals surface area contributed by atoms with Crippen LogP contribution >= 0.6 is 0 Å². The van der Waals surface area contributed by atoms with E-state index in [0.717, 1.165) is 16.1 Å². The summed E-state index contributed by atoms with van der Waals surface area (Å²) in [7, 11) is -0.857. The molecule has 184 valence electrons. The van der Waals surface area contributed by atoms with Gasteiger partial charge < -0.3 is 14.2 Å². The van der Waals surface area contributed by atoms with Crippen LogP contribution in [0.15, 0.2) is 77.9 Å². The van der Waals surface area contributed by atoms with E-state index in [1.807, 2.05) is 42.5 Å². The van der Waals surface area contributed by atoms with Gasteiger partial charge in [0.05, 0.1) is 32.4 Å². The lowest BCUT2D eigenvalue weighted by atomic mass is 10.2. The molecule has 0 aliphatic heterocycles. The number of para-hydroxylation sites is 1. The van der Waals surface area contributed by atoms with E-state index in [0.29, 0.717) is 29.4 Å². The fraction of sp³-hybridized carbons (Fsp3) is 0.200. The maximum atomic E-state index is 12.5. The molecule has 3 aromatic carbocycles. The largest absolute Gasteiger partial charge is 0.493 e. The Hall–Kier alpha value is -4.05. The molecule has 0 bridgehead atoms. The second-order valence-corrected chi connectivity index (χ2v) is 9.32. The number of hydrazone groups is 1. The number of hydrogen-bond donors (Lipinski definition) is 1. The topological polar surface area (TPSA) is 107 Å². The van der Waals surface area contributed by atoms with Crippen molar-refractivity contribution in [2.45, 2.75) is 6.61 Å². The zero-order valence-corrected chi connectivity index (χ0v) is 20.5. The molecule has 0 fully saturated rings. The van der Waals surface area contributed by atoms with Crippen LogP contribution in [0.1, 0.15) is 11.1 Å². The zero-order valence-electron chi connectivity index (χ0n) is 19.7. The first-order valence-corrected chi connectivity index (χ1v) is 12.4. The average molecular weight is 498 g/mol. The van der Waals surface area contributed by atoms with Crippen molar-refractivity contribution in [3.63, 3.8) is 0 Å². The van der Waals surface area contributed by atoms with Crippen molar-refractivity contribution in [3.8, 4) is 17.2 Å². The molecule has 1 amide bonds. The molecular formula is C25H27N3O6S. The fourth-order valence-corrected chi connectivity index (χ4v) is 4.02. The van der Waals surface area contributed by atoms with Gasteiger partial charge in [0.25, 0.3) is 5.91 Å². The van der Waals surface area contributed by atoms with Crippen LogP contribution in [0, 0.1) is 0 Å². The van der Waals surface area contributed by atoms with Gasteiger partial charge in [0, 0.05) is 11.6 Å². The predicted octanol–water partition coefficient (Wildman–Crippen LogP) is 3.20. The van der Waals surface area contributed by atoms with Crippen LogP contribution in [0.3, 0.4) is 0 Å². The van der Waals surface area contributed by atoms with Crippen LogP contribution in [0.2, 0.25) is 0 Å². The van der Waals surface area contributed by atoms with Crippen molar-refractivity contribution < 1.29 is 27.4 Å². The van der Waals surface area contributed by atoms with Crippen LogP contribution in [0.25, 0.3) is 0 Å². The van der Waals surface area contributed by atoms with Gasteiger partial charge >= 0.3 is 0 Å². The summed E-state index contributed by atoms with van der Waals surface area (Å²) in [4.78, 5) is 12.5. The quantitative estimate of drug-likeness (QED) is 0.322. The van der Waals surface area contributed by atoms with Crippen LogP contribution < -0.4 is 23.9 Å². The molecule has 9 nitrogen and oxygen atoms in total. The van der Waals surface area contributed by atoms with Gasteiger partial charge in [-0.2, -0.15) is 5.10 Å². The number of ether oxygens (including phenoxy) is 3. The Kier molecular flexibility index (Phi) is 8.69. The Balaban J connectivity index is 1.68. The summed E-state index contributed by atoms with van der Waals surface area (Å²) in [6.07, 6.45) is 2.46. The fourth-order valence-electron chi connectivity index (χ4n) is 3.17. The van der Waals surface area contributed by atoms with Crippen LogP contribution in [-0.2, 0) is 21.4 Å². The third-order valence-corrected chi connectivity index (χ3v) is 6.03. The molecule has 0 radical (unpaired) electrons. The zero-order chi connectivity index (χ0) is 25.3. The number of carbonyl (C=O) groups is 1. The summed E-state index contributed by atoms with van der Waals surface area (Å²) >= 11 is 0. The molecule has 0 saturated heterocycles. The number of nitrogens with one attached hydrogen (secondary N) is 1. The summed E-state index contributed by atoms with van der Waals surface area (Å²) in [5, 5.41) is 3.98. The van der Waals surface area contributed by atoms with Gasteiger partial charge in [0.15, 0.2) is 11.5 Å². The van der Waals surface area contributed by atoms with Crippen LogP contribution in [-0.4, -0.2) is 47.6 Å². The maximum Gasteiger partial charge on any atom is 0.260 e. The van der Waals surface area contributed by atoms with Gasteiger partial charge in [-0.1, -0.05) is 42.5 Å². The average Bonchev–Trinajstić information content (AvgIpc) is 2.86. The number of amides is 1. The van der Waals surface area contributed by atoms with Gasteiger partial charge in [0.2, 0.25) is 10.0 Å². The number of nitrogens with zero attached hydrogens (tertiary/aromatic N) is 2. The van der Waals surface area contributed by atoms with E-state index in [1.54, 1.807) is 18.2 Å². The van der Waals surface area contributed by atoms with Crippen molar-refractivity contribution in [2.24, 2.45) is 5.10 Å². The third kappa shape index (κ3) is 7.21. The molecule has 3 aromatic rings. The highest BCUT2D eigenvalue weighted by atomic mass is 32.2. The van der Waals surface area contributed by atoms with Crippen LogP contribution in [0.5, 0.6) is 17.2 Å². The van der Waals surface area contributed by atoms with Gasteiger partial charge in [-0.25, -0.2) is 13.8 Å². The first-order chi connectivity index (χ1) is 16.8. The lowest BCUT2D eigenvalue weighted by Gasteiger charge is -2.22. The Labute approximate surface area is 205 Å². The van der Waals surface area contributed by atoms with Crippen LogP contribution in [0.4, 0.5) is 5.69 Å². The number of hydrogen-bond acceptors (Lipinski definition) is 7. The minimum Gasteiger partial charge on any atom is -0.493 e. The highest BCUT2D eigenvalue weighted by molar-refractivity contribution is 7.92. The van der Waals surface area contributed by atoms with Gasteiger partial charge in [-0.05, 0) is 29.8 Å². The molecule has 0 saturated carbocycles. The van der Waals surface area contributed by atoms with Crippen molar-refractivity contribution in [1.29, 1.82) is 0 Å². The maximum absolute atomic E-state index is 12.5. The normalized spacial score (nSPS) is 11.2. The lowest BCUT2D eigenvalue weighted by molar-refractivity contribution is -0.119. The minimum atomic E-state index is -3.77. The van der Waals surface area contributed by atoms with Gasteiger partial charge in [-0.3, -0.25) is 9.10 Å². The van der Waals surface area contributed by atoms with E-state index < -0.39 is 22.5 Å².